The van der Waals surface area contributed by atoms with Crippen molar-refractivity contribution in [3.05, 3.63) is 271 Å². The minimum Gasteiger partial charge on any atom is -0.312 e. The normalized spacial score (nSPS) is 15.1. The number of rotatable bonds is 9. The Labute approximate surface area is 446 Å². The predicted octanol–water partition coefficient (Wildman–Crippen LogP) is 17.4. The van der Waals surface area contributed by atoms with E-state index in [1.165, 1.54) is 82.6 Å². The van der Waals surface area contributed by atoms with Crippen LogP contribution in [0.3, 0.4) is 0 Å². The molecule has 9 aromatic carbocycles. The van der Waals surface area contributed by atoms with Crippen molar-refractivity contribution in [3.8, 4) is 51.0 Å². The summed E-state index contributed by atoms with van der Waals surface area (Å²) in [5.41, 5.74) is 18.7. The molecule has 0 amide bonds. The van der Waals surface area contributed by atoms with Gasteiger partial charge in [-0.25, -0.2) is 15.0 Å². The second-order valence-electron chi connectivity index (χ2n) is 20.8. The van der Waals surface area contributed by atoms with Gasteiger partial charge in [-0.2, -0.15) is 0 Å². The third-order valence-electron chi connectivity index (χ3n) is 16.0. The first kappa shape index (κ1) is 44.8. The molecule has 2 unspecified atom stereocenters. The molecule has 2 aliphatic rings. The number of benzene rings is 9. The average Bonchev–Trinajstić information content (AvgIpc) is 4.27. The Hall–Kier alpha value is -9.65. The highest BCUT2D eigenvalue weighted by Gasteiger charge is 2.26. The molecule has 0 fully saturated rings. The monoisotopic (exact) mass is 988 g/mol. The van der Waals surface area contributed by atoms with Gasteiger partial charge in [0.05, 0.1) is 33.3 Å². The van der Waals surface area contributed by atoms with Crippen molar-refractivity contribution in [1.29, 1.82) is 0 Å². The van der Waals surface area contributed by atoms with E-state index in [0.29, 0.717) is 17.6 Å². The van der Waals surface area contributed by atoms with E-state index in [1.807, 2.05) is 18.2 Å². The van der Waals surface area contributed by atoms with E-state index in [2.05, 4.69) is 251 Å². The van der Waals surface area contributed by atoms with Crippen molar-refractivity contribution in [2.75, 3.05) is 0 Å². The zero-order chi connectivity index (χ0) is 51.0. The van der Waals surface area contributed by atoms with Gasteiger partial charge in [0.2, 0.25) is 0 Å². The second kappa shape index (κ2) is 18.3. The highest BCUT2D eigenvalue weighted by Crippen LogP contribution is 2.43. The lowest BCUT2D eigenvalue weighted by molar-refractivity contribution is 0.691. The van der Waals surface area contributed by atoms with Crippen molar-refractivity contribution < 1.29 is 0 Å². The van der Waals surface area contributed by atoms with Crippen LogP contribution in [0.25, 0.3) is 112 Å². The fourth-order valence-corrected chi connectivity index (χ4v) is 12.4. The van der Waals surface area contributed by atoms with Gasteiger partial charge >= 0.3 is 0 Å². The van der Waals surface area contributed by atoms with Crippen molar-refractivity contribution in [3.63, 3.8) is 0 Å². The fraction of sp³-hybridized carbons (Fsp3) is 0.0845. The number of allylic oxidation sites excluding steroid dienone is 5. The molecular weight excluding hydrogens is 937 g/mol. The first-order chi connectivity index (χ1) is 38.1. The van der Waals surface area contributed by atoms with E-state index >= 15 is 0 Å². The SMILES string of the molecule is CC1C=Cc2c(n(-c3cc(-c4nc(-c5ccccc5)nc(C5C=CC=CC5)n4)ccc3-c3ccc4c(c3)c3ccc(Cc5cccc6c5c5ccccc5n6-c5ccccc5)cc3n4-c3ccccc3)c3ccccc23)C1. The van der Waals surface area contributed by atoms with Crippen LogP contribution in [0.1, 0.15) is 47.5 Å². The zero-order valence-electron chi connectivity index (χ0n) is 42.6. The number of fused-ring (bicyclic) bond motifs is 9. The van der Waals surface area contributed by atoms with Gasteiger partial charge in [0.1, 0.15) is 5.82 Å². The molecule has 0 bridgehead atoms. The summed E-state index contributed by atoms with van der Waals surface area (Å²) in [6.45, 7) is 2.32. The third kappa shape index (κ3) is 7.58. The van der Waals surface area contributed by atoms with E-state index in [4.69, 9.17) is 15.0 Å². The molecule has 2 atom stereocenters. The molecule has 0 radical (unpaired) electrons. The second-order valence-corrected chi connectivity index (χ2v) is 20.8. The molecular formula is C71H52N6. The summed E-state index contributed by atoms with van der Waals surface area (Å²) in [4.78, 5) is 15.7. The molecule has 0 spiro atoms. The van der Waals surface area contributed by atoms with E-state index < -0.39 is 0 Å². The van der Waals surface area contributed by atoms with Crippen LogP contribution in [0.5, 0.6) is 0 Å². The molecule has 0 N–H and O–H groups in total. The number of para-hydroxylation sites is 4. The van der Waals surface area contributed by atoms with Gasteiger partial charge in [-0.05, 0) is 109 Å². The molecule has 4 heterocycles. The Morgan fingerprint density at radius 1 is 0.468 bits per heavy atom. The fourth-order valence-electron chi connectivity index (χ4n) is 12.4. The molecule has 77 heavy (non-hydrogen) atoms. The summed E-state index contributed by atoms with van der Waals surface area (Å²) < 4.78 is 7.39. The summed E-state index contributed by atoms with van der Waals surface area (Å²) in [7, 11) is 0. The smallest absolute Gasteiger partial charge is 0.163 e. The highest BCUT2D eigenvalue weighted by molar-refractivity contribution is 6.12. The van der Waals surface area contributed by atoms with Gasteiger partial charge in [0, 0.05) is 72.2 Å². The Bertz CT molecular complexity index is 4550. The molecule has 0 aliphatic heterocycles. The molecule has 2 aliphatic carbocycles. The lowest BCUT2D eigenvalue weighted by atomic mass is 9.94. The van der Waals surface area contributed by atoms with Gasteiger partial charge < -0.3 is 13.7 Å². The maximum atomic E-state index is 5.29. The number of hydrogen-bond donors (Lipinski definition) is 0. The Morgan fingerprint density at radius 3 is 1.90 bits per heavy atom. The van der Waals surface area contributed by atoms with Crippen LogP contribution in [0.4, 0.5) is 0 Å². The Morgan fingerprint density at radius 2 is 1.13 bits per heavy atom. The maximum Gasteiger partial charge on any atom is 0.163 e. The predicted molar refractivity (Wildman–Crippen MR) is 318 cm³/mol. The minimum atomic E-state index is 0.0555. The van der Waals surface area contributed by atoms with Crippen LogP contribution < -0.4 is 0 Å². The lowest BCUT2D eigenvalue weighted by Gasteiger charge is -2.21. The molecule has 6 heteroatoms. The average molecular weight is 989 g/mol. The lowest BCUT2D eigenvalue weighted by Crippen LogP contribution is -2.10. The standard InChI is InChI=1S/C71H52N6/c1-46-33-37-57-56-28-14-16-30-61(56)77(65(57)41-46)67-45-52(71-73-69(48-19-6-2-7-20-48)72-70(74-71)49-21-8-3-9-22-49)35-39-55(67)50-36-40-63-60(44-50)58-38-34-47(43-66(58)76(63)54-26-12-5-13-27-54)42-51-23-18-32-64-68(51)59-29-15-17-31-62(59)75(64)53-24-10-4-11-25-53/h2-21,23-40,43-46,49H,22,41-42H2,1H3. The Kier molecular flexibility index (Phi) is 10.7. The van der Waals surface area contributed by atoms with E-state index in [1.54, 1.807) is 0 Å². The van der Waals surface area contributed by atoms with Gasteiger partial charge in [-0.1, -0.05) is 189 Å². The van der Waals surface area contributed by atoms with E-state index in [0.717, 1.165) is 58.7 Å². The summed E-state index contributed by atoms with van der Waals surface area (Å²) in [5, 5.41) is 6.24. The van der Waals surface area contributed by atoms with Crippen LogP contribution in [0, 0.1) is 5.92 Å². The van der Waals surface area contributed by atoms with Gasteiger partial charge in [0.15, 0.2) is 11.6 Å². The minimum absolute atomic E-state index is 0.0555. The first-order valence-corrected chi connectivity index (χ1v) is 26.9. The summed E-state index contributed by atoms with van der Waals surface area (Å²) in [6, 6.07) is 77.4. The third-order valence-corrected chi connectivity index (χ3v) is 16.0. The summed E-state index contributed by atoms with van der Waals surface area (Å²) in [6.07, 6.45) is 15.9. The number of aromatic nitrogens is 6. The zero-order valence-corrected chi connectivity index (χ0v) is 42.6. The molecule has 13 aromatic rings. The summed E-state index contributed by atoms with van der Waals surface area (Å²) >= 11 is 0. The quantitative estimate of drug-likeness (QED) is 0.145. The van der Waals surface area contributed by atoms with Gasteiger partial charge in [0.25, 0.3) is 0 Å². The van der Waals surface area contributed by atoms with Gasteiger partial charge in [-0.3, -0.25) is 0 Å². The number of nitrogens with zero attached hydrogens (tertiary/aromatic N) is 6. The van der Waals surface area contributed by atoms with Gasteiger partial charge in [-0.15, -0.1) is 0 Å². The van der Waals surface area contributed by atoms with Crippen LogP contribution in [0.2, 0.25) is 0 Å². The first-order valence-electron chi connectivity index (χ1n) is 26.9. The molecule has 0 saturated carbocycles. The van der Waals surface area contributed by atoms with Crippen molar-refractivity contribution in [2.45, 2.75) is 32.1 Å². The van der Waals surface area contributed by atoms with Crippen LogP contribution >= 0.6 is 0 Å². The molecule has 366 valence electrons. The van der Waals surface area contributed by atoms with E-state index in [-0.39, 0.29) is 5.92 Å². The molecule has 4 aromatic heterocycles. The largest absolute Gasteiger partial charge is 0.312 e. The highest BCUT2D eigenvalue weighted by atomic mass is 15.0. The van der Waals surface area contributed by atoms with Crippen LogP contribution in [0.15, 0.2) is 243 Å². The summed E-state index contributed by atoms with van der Waals surface area (Å²) in [5.74, 6) is 2.57. The Balaban J connectivity index is 0.917. The molecule has 15 rings (SSSR count). The van der Waals surface area contributed by atoms with Crippen LogP contribution in [-0.2, 0) is 12.8 Å². The molecule has 0 saturated heterocycles. The van der Waals surface area contributed by atoms with Crippen molar-refractivity contribution in [2.24, 2.45) is 5.92 Å². The van der Waals surface area contributed by atoms with E-state index in [9.17, 15) is 0 Å². The number of hydrogen-bond acceptors (Lipinski definition) is 3. The molecule has 6 nitrogen and oxygen atoms in total. The van der Waals surface area contributed by atoms with Crippen molar-refractivity contribution in [1.82, 2.24) is 28.7 Å². The maximum absolute atomic E-state index is 5.29. The topological polar surface area (TPSA) is 53.5 Å². The van der Waals surface area contributed by atoms with Crippen LogP contribution in [-0.4, -0.2) is 28.7 Å². The van der Waals surface area contributed by atoms with Crippen molar-refractivity contribution >= 4 is 60.6 Å².